The monoisotopic (exact) mass is 606 g/mol. The van der Waals surface area contributed by atoms with Gasteiger partial charge in [-0.25, -0.2) is 4.79 Å². The first-order valence-corrected chi connectivity index (χ1v) is 17.2. The maximum absolute atomic E-state index is 11.7. The first-order chi connectivity index (χ1) is 20.8. The molecule has 9 N–H and O–H groups in total. The van der Waals surface area contributed by atoms with Crippen LogP contribution >= 0.6 is 0 Å². The molecule has 1 rings (SSSR count). The molecular formula is C34H67N7O2. The molecule has 9 nitrogen and oxygen atoms in total. The molecule has 0 unspecified atom stereocenters. The Labute approximate surface area is 263 Å². The van der Waals surface area contributed by atoms with Gasteiger partial charge in [0.15, 0.2) is 0 Å². The summed E-state index contributed by atoms with van der Waals surface area (Å²) in [4.78, 5) is 11.7. The van der Waals surface area contributed by atoms with Crippen molar-refractivity contribution in [2.45, 2.75) is 117 Å². The lowest BCUT2D eigenvalue weighted by Crippen LogP contribution is -2.34. The van der Waals surface area contributed by atoms with E-state index in [2.05, 4.69) is 44.8 Å². The fourth-order valence-electron chi connectivity index (χ4n) is 4.87. The zero-order valence-corrected chi connectivity index (χ0v) is 28.0. The van der Waals surface area contributed by atoms with Crippen molar-refractivity contribution in [1.82, 2.24) is 26.6 Å². The summed E-state index contributed by atoms with van der Waals surface area (Å²) in [5.74, 6) is 0. The number of alkyl carbamates (subject to hydrolysis) is 1. The Morgan fingerprint density at radius 3 is 1.67 bits per heavy atom. The van der Waals surface area contributed by atoms with Crippen molar-refractivity contribution in [3.63, 3.8) is 0 Å². The van der Waals surface area contributed by atoms with E-state index in [1.807, 2.05) is 20.8 Å². The molecule has 1 aromatic carbocycles. The van der Waals surface area contributed by atoms with E-state index in [1.165, 1.54) is 61.6 Å². The maximum atomic E-state index is 11.7. The van der Waals surface area contributed by atoms with Gasteiger partial charge in [-0.3, -0.25) is 0 Å². The SMILES string of the molecule is CC(C)(C)OC(=O)NCCCNCCCCCc1cc(CNCCCCCCCN)cc(CNCCCNCCCN)c1. The van der Waals surface area contributed by atoms with Crippen molar-refractivity contribution < 1.29 is 9.53 Å². The quantitative estimate of drug-likeness (QED) is 0.0702. The van der Waals surface area contributed by atoms with Crippen molar-refractivity contribution >= 4 is 6.09 Å². The normalized spacial score (nSPS) is 11.7. The number of hydrogen-bond donors (Lipinski definition) is 7. The highest BCUT2D eigenvalue weighted by atomic mass is 16.6. The number of aryl methyl sites for hydroxylation is 1. The summed E-state index contributed by atoms with van der Waals surface area (Å²) in [6.45, 7) is 15.7. The van der Waals surface area contributed by atoms with Crippen LogP contribution in [0.5, 0.6) is 0 Å². The van der Waals surface area contributed by atoms with Gasteiger partial charge in [-0.1, -0.05) is 43.9 Å². The Morgan fingerprint density at radius 1 is 0.581 bits per heavy atom. The molecule has 0 bridgehead atoms. The molecule has 0 saturated heterocycles. The molecule has 0 radical (unpaired) electrons. The molecule has 43 heavy (non-hydrogen) atoms. The second-order valence-electron chi connectivity index (χ2n) is 12.7. The minimum atomic E-state index is -0.453. The number of hydrogen-bond acceptors (Lipinski definition) is 8. The minimum absolute atomic E-state index is 0.341. The highest BCUT2D eigenvalue weighted by molar-refractivity contribution is 5.67. The number of nitrogens with two attached hydrogens (primary N) is 2. The maximum Gasteiger partial charge on any atom is 0.407 e. The number of carbonyl (C=O) groups is 1. The topological polar surface area (TPSA) is 138 Å². The Bertz CT molecular complexity index is 763. The van der Waals surface area contributed by atoms with Gasteiger partial charge in [0, 0.05) is 19.6 Å². The number of unbranched alkanes of at least 4 members (excludes halogenated alkanes) is 6. The lowest BCUT2D eigenvalue weighted by atomic mass is 10.0. The molecule has 0 heterocycles. The molecule has 0 aliphatic heterocycles. The first kappa shape index (κ1) is 39.3. The molecule has 0 fully saturated rings. The van der Waals surface area contributed by atoms with Gasteiger partial charge in [-0.05, 0) is 141 Å². The van der Waals surface area contributed by atoms with Crippen LogP contribution in [0.2, 0.25) is 0 Å². The van der Waals surface area contributed by atoms with E-state index < -0.39 is 5.60 Å². The molecule has 0 saturated carbocycles. The third-order valence-corrected chi connectivity index (χ3v) is 7.11. The van der Waals surface area contributed by atoms with Crippen LogP contribution in [0.4, 0.5) is 4.79 Å². The zero-order valence-electron chi connectivity index (χ0n) is 28.0. The van der Waals surface area contributed by atoms with Gasteiger partial charge in [0.1, 0.15) is 5.60 Å². The van der Waals surface area contributed by atoms with E-state index in [0.29, 0.717) is 6.54 Å². The zero-order chi connectivity index (χ0) is 31.4. The smallest absolute Gasteiger partial charge is 0.407 e. The van der Waals surface area contributed by atoms with Crippen LogP contribution in [-0.2, 0) is 24.2 Å². The number of carbonyl (C=O) groups excluding carboxylic acids is 1. The van der Waals surface area contributed by atoms with Crippen molar-refractivity contribution in [3.8, 4) is 0 Å². The highest BCUT2D eigenvalue weighted by Gasteiger charge is 2.15. The van der Waals surface area contributed by atoms with Crippen LogP contribution < -0.4 is 38.1 Å². The lowest BCUT2D eigenvalue weighted by Gasteiger charge is -2.19. The number of rotatable bonds is 28. The largest absolute Gasteiger partial charge is 0.444 e. The van der Waals surface area contributed by atoms with Gasteiger partial charge >= 0.3 is 6.09 Å². The molecule has 0 atom stereocenters. The first-order valence-electron chi connectivity index (χ1n) is 17.2. The summed E-state index contributed by atoms with van der Waals surface area (Å²) in [6.07, 6.45) is 13.6. The van der Waals surface area contributed by atoms with Gasteiger partial charge in [-0.2, -0.15) is 0 Å². The van der Waals surface area contributed by atoms with Gasteiger partial charge < -0.3 is 42.8 Å². The second-order valence-corrected chi connectivity index (χ2v) is 12.7. The Balaban J connectivity index is 2.34. The molecule has 0 aromatic heterocycles. The Kier molecular flexibility index (Phi) is 24.3. The van der Waals surface area contributed by atoms with E-state index in [9.17, 15) is 4.79 Å². The van der Waals surface area contributed by atoms with E-state index in [-0.39, 0.29) is 6.09 Å². The molecule has 1 amide bonds. The van der Waals surface area contributed by atoms with Crippen molar-refractivity contribution in [2.24, 2.45) is 11.5 Å². The molecule has 0 spiro atoms. The standard InChI is InChI=1S/C34H67N7O2/c1-34(2,3)43-33(42)41-24-14-22-37-18-11-7-8-15-30-25-31(28-39-19-10-6-4-5-9-16-35)27-32(26-30)29-40-23-13-21-38-20-12-17-36/h25-27,37-40H,4-24,28-29,35-36H2,1-3H3,(H,41,42). The van der Waals surface area contributed by atoms with Gasteiger partial charge in [-0.15, -0.1) is 0 Å². The van der Waals surface area contributed by atoms with Crippen LogP contribution in [0, 0.1) is 0 Å². The number of nitrogens with one attached hydrogen (secondary N) is 5. The van der Waals surface area contributed by atoms with E-state index in [0.717, 1.165) is 97.6 Å². The second kappa shape index (κ2) is 26.6. The summed E-state index contributed by atoms with van der Waals surface area (Å²) in [5, 5.41) is 17.1. The van der Waals surface area contributed by atoms with Crippen LogP contribution in [0.3, 0.4) is 0 Å². The van der Waals surface area contributed by atoms with Gasteiger partial charge in [0.2, 0.25) is 0 Å². The molecule has 250 valence electrons. The Morgan fingerprint density at radius 2 is 1.05 bits per heavy atom. The predicted molar refractivity (Wildman–Crippen MR) is 182 cm³/mol. The average Bonchev–Trinajstić information content (AvgIpc) is 2.96. The summed E-state index contributed by atoms with van der Waals surface area (Å²) in [6, 6.07) is 7.16. The Hall–Kier alpha value is -1.75. The molecule has 0 aliphatic rings. The molecule has 9 heteroatoms. The van der Waals surface area contributed by atoms with Crippen LogP contribution in [0.15, 0.2) is 18.2 Å². The highest BCUT2D eigenvalue weighted by Crippen LogP contribution is 2.14. The third-order valence-electron chi connectivity index (χ3n) is 7.11. The molecule has 0 aliphatic carbocycles. The number of amides is 1. The summed E-state index contributed by atoms with van der Waals surface area (Å²) in [7, 11) is 0. The van der Waals surface area contributed by atoms with E-state index >= 15 is 0 Å². The fraction of sp³-hybridized carbons (Fsp3) is 0.794. The van der Waals surface area contributed by atoms with Crippen molar-refractivity contribution in [3.05, 3.63) is 34.9 Å². The predicted octanol–water partition coefficient (Wildman–Crippen LogP) is 4.32. The summed E-state index contributed by atoms with van der Waals surface area (Å²) >= 11 is 0. The summed E-state index contributed by atoms with van der Waals surface area (Å²) < 4.78 is 5.26. The number of ether oxygens (including phenoxy) is 1. The third kappa shape index (κ3) is 25.3. The van der Waals surface area contributed by atoms with Crippen molar-refractivity contribution in [2.75, 3.05) is 58.9 Å². The average molecular weight is 606 g/mol. The van der Waals surface area contributed by atoms with Crippen LogP contribution in [-0.4, -0.2) is 70.6 Å². The summed E-state index contributed by atoms with van der Waals surface area (Å²) in [5.41, 5.74) is 14.9. The number of benzene rings is 1. The minimum Gasteiger partial charge on any atom is -0.444 e. The van der Waals surface area contributed by atoms with Crippen LogP contribution in [0.1, 0.15) is 108 Å². The lowest BCUT2D eigenvalue weighted by molar-refractivity contribution is 0.0527. The molecule has 1 aromatic rings. The molecular weight excluding hydrogens is 538 g/mol. The van der Waals surface area contributed by atoms with Gasteiger partial charge in [0.05, 0.1) is 0 Å². The van der Waals surface area contributed by atoms with E-state index in [1.54, 1.807) is 0 Å². The van der Waals surface area contributed by atoms with E-state index in [4.69, 9.17) is 16.2 Å². The van der Waals surface area contributed by atoms with Gasteiger partial charge in [0.25, 0.3) is 0 Å². The fourth-order valence-corrected chi connectivity index (χ4v) is 4.87. The van der Waals surface area contributed by atoms with Crippen molar-refractivity contribution in [1.29, 1.82) is 0 Å². The van der Waals surface area contributed by atoms with Crippen LogP contribution in [0.25, 0.3) is 0 Å².